The average molecular weight is 345 g/mol. The van der Waals surface area contributed by atoms with Crippen LogP contribution < -0.4 is 0 Å². The van der Waals surface area contributed by atoms with E-state index in [1.165, 1.54) is 25.4 Å². The maximum absolute atomic E-state index is 12.4. The molecule has 0 radical (unpaired) electrons. The number of nitrogens with zero attached hydrogens (tertiary/aromatic N) is 4. The molecule has 0 bridgehead atoms. The lowest BCUT2D eigenvalue weighted by atomic mass is 10.1. The van der Waals surface area contributed by atoms with Crippen molar-refractivity contribution >= 4 is 21.6 Å². The van der Waals surface area contributed by atoms with E-state index in [1.807, 2.05) is 13.8 Å². The van der Waals surface area contributed by atoms with Crippen molar-refractivity contribution in [2.75, 3.05) is 7.05 Å². The second-order valence-corrected chi connectivity index (χ2v) is 7.71. The van der Waals surface area contributed by atoms with E-state index in [9.17, 15) is 8.42 Å². The molecule has 2 heterocycles. The number of aromatic nitrogens is 3. The minimum atomic E-state index is -3.68. The van der Waals surface area contributed by atoms with E-state index in [0.717, 1.165) is 4.31 Å². The van der Waals surface area contributed by atoms with Crippen LogP contribution in [0.1, 0.15) is 25.6 Å². The van der Waals surface area contributed by atoms with E-state index < -0.39 is 10.0 Å². The number of rotatable bonds is 6. The van der Waals surface area contributed by atoms with Crippen LogP contribution in [-0.2, 0) is 23.0 Å². The fourth-order valence-corrected chi connectivity index (χ4v) is 2.95. The second kappa shape index (κ2) is 6.72. The molecule has 0 N–H and O–H groups in total. The molecular formula is C13H17ClN4O3S. The van der Waals surface area contributed by atoms with Crippen LogP contribution in [0.5, 0.6) is 0 Å². The van der Waals surface area contributed by atoms with Crippen molar-refractivity contribution in [1.82, 2.24) is 19.4 Å². The van der Waals surface area contributed by atoms with Gasteiger partial charge in [0.05, 0.1) is 6.54 Å². The fraction of sp³-hybridized carbons (Fsp3) is 0.462. The van der Waals surface area contributed by atoms with Gasteiger partial charge in [0.1, 0.15) is 10.0 Å². The zero-order valence-corrected chi connectivity index (χ0v) is 14.1. The molecule has 120 valence electrons. The number of hydrogen-bond acceptors (Lipinski definition) is 6. The van der Waals surface area contributed by atoms with E-state index in [-0.39, 0.29) is 22.5 Å². The quantitative estimate of drug-likeness (QED) is 0.746. The summed E-state index contributed by atoms with van der Waals surface area (Å²) in [5, 5.41) is 4.07. The summed E-state index contributed by atoms with van der Waals surface area (Å²) in [7, 11) is -2.24. The van der Waals surface area contributed by atoms with E-state index in [0.29, 0.717) is 18.2 Å². The average Bonchev–Trinajstić information content (AvgIpc) is 2.85. The summed E-state index contributed by atoms with van der Waals surface area (Å²) in [6, 6.07) is 2.83. The van der Waals surface area contributed by atoms with Gasteiger partial charge in [0.25, 0.3) is 0 Å². The monoisotopic (exact) mass is 344 g/mol. The third-order valence-electron chi connectivity index (χ3n) is 2.87. The first-order chi connectivity index (χ1) is 10.3. The van der Waals surface area contributed by atoms with Gasteiger partial charge >= 0.3 is 0 Å². The van der Waals surface area contributed by atoms with Crippen molar-refractivity contribution in [3.63, 3.8) is 0 Å². The number of sulfonamides is 1. The van der Waals surface area contributed by atoms with Gasteiger partial charge in [-0.25, -0.2) is 13.4 Å². The van der Waals surface area contributed by atoms with Crippen LogP contribution in [0.3, 0.4) is 0 Å². The minimum absolute atomic E-state index is 0.00391. The molecule has 0 aromatic carbocycles. The molecule has 22 heavy (non-hydrogen) atoms. The molecule has 0 saturated heterocycles. The molecule has 0 saturated carbocycles. The molecule has 0 amide bonds. The highest BCUT2D eigenvalue weighted by atomic mass is 35.5. The molecule has 0 spiro atoms. The molecule has 2 rings (SSSR count). The summed E-state index contributed by atoms with van der Waals surface area (Å²) in [6.07, 6.45) is 1.90. The largest absolute Gasteiger partial charge is 0.338 e. The lowest BCUT2D eigenvalue weighted by molar-refractivity contribution is 0.333. The van der Waals surface area contributed by atoms with Crippen molar-refractivity contribution in [2.24, 2.45) is 5.92 Å². The first-order valence-electron chi connectivity index (χ1n) is 6.68. The highest BCUT2D eigenvalue weighted by Gasteiger charge is 2.23. The molecule has 7 nitrogen and oxygen atoms in total. The van der Waals surface area contributed by atoms with Crippen molar-refractivity contribution in [3.05, 3.63) is 35.2 Å². The van der Waals surface area contributed by atoms with E-state index in [1.54, 1.807) is 0 Å². The van der Waals surface area contributed by atoms with E-state index in [2.05, 4.69) is 15.1 Å². The van der Waals surface area contributed by atoms with Crippen LogP contribution in [0.25, 0.3) is 0 Å². The third kappa shape index (κ3) is 4.02. The van der Waals surface area contributed by atoms with Crippen LogP contribution in [0.2, 0.25) is 5.15 Å². The summed E-state index contributed by atoms with van der Waals surface area (Å²) in [5.74, 6) is 1.22. The Bertz CT molecular complexity index is 728. The smallest absolute Gasteiger partial charge is 0.244 e. The molecule has 0 atom stereocenters. The van der Waals surface area contributed by atoms with Crippen molar-refractivity contribution in [3.8, 4) is 0 Å². The van der Waals surface area contributed by atoms with Gasteiger partial charge in [0.2, 0.25) is 15.9 Å². The highest BCUT2D eigenvalue weighted by molar-refractivity contribution is 7.89. The lowest BCUT2D eigenvalue weighted by Crippen LogP contribution is -2.26. The summed E-state index contributed by atoms with van der Waals surface area (Å²) in [5.41, 5.74) is 0. The van der Waals surface area contributed by atoms with E-state index >= 15 is 0 Å². The lowest BCUT2D eigenvalue weighted by Gasteiger charge is -2.14. The third-order valence-corrected chi connectivity index (χ3v) is 4.88. The van der Waals surface area contributed by atoms with Crippen molar-refractivity contribution < 1.29 is 12.9 Å². The summed E-state index contributed by atoms with van der Waals surface area (Å²) >= 11 is 5.66. The van der Waals surface area contributed by atoms with E-state index in [4.69, 9.17) is 16.1 Å². The van der Waals surface area contributed by atoms with Crippen LogP contribution in [0, 0.1) is 5.92 Å². The Morgan fingerprint density at radius 2 is 2.09 bits per heavy atom. The van der Waals surface area contributed by atoms with Gasteiger partial charge in [-0.05, 0) is 18.1 Å². The minimum Gasteiger partial charge on any atom is -0.338 e. The molecule has 2 aromatic heterocycles. The van der Waals surface area contributed by atoms with Crippen LogP contribution in [0.15, 0.2) is 27.7 Å². The fourth-order valence-electron chi connectivity index (χ4n) is 1.77. The Balaban J connectivity index is 2.12. The number of halogens is 1. The van der Waals surface area contributed by atoms with Crippen LogP contribution in [0.4, 0.5) is 0 Å². The van der Waals surface area contributed by atoms with Gasteiger partial charge in [-0.3, -0.25) is 0 Å². The topological polar surface area (TPSA) is 89.2 Å². The van der Waals surface area contributed by atoms with Gasteiger partial charge in [-0.2, -0.15) is 9.29 Å². The molecule has 0 fully saturated rings. The molecule has 0 aliphatic heterocycles. The summed E-state index contributed by atoms with van der Waals surface area (Å²) in [4.78, 5) is 8.03. The predicted octanol–water partition coefficient (Wildman–Crippen LogP) is 2.14. The Morgan fingerprint density at radius 3 is 2.68 bits per heavy atom. The van der Waals surface area contributed by atoms with Crippen LogP contribution >= 0.6 is 11.6 Å². The first-order valence-corrected chi connectivity index (χ1v) is 8.50. The van der Waals surface area contributed by atoms with Crippen LogP contribution in [-0.4, -0.2) is 34.9 Å². The maximum Gasteiger partial charge on any atom is 0.244 e. The standard InChI is InChI=1S/C13H17ClN4O3S/c1-9(2)6-12-16-13(21-17-12)8-18(3)22(19,20)10-4-5-11(14)15-7-10/h4-5,7,9H,6,8H2,1-3H3. The molecule has 0 aliphatic rings. The Kier molecular flexibility index (Phi) is 5.15. The van der Waals surface area contributed by atoms with Gasteiger partial charge < -0.3 is 4.52 Å². The van der Waals surface area contributed by atoms with Gasteiger partial charge in [0, 0.05) is 19.7 Å². The SMILES string of the molecule is CC(C)Cc1noc(CN(C)S(=O)(=O)c2ccc(Cl)nc2)n1. The zero-order valence-electron chi connectivity index (χ0n) is 12.5. The number of hydrogen-bond donors (Lipinski definition) is 0. The normalized spacial score (nSPS) is 12.3. The molecule has 2 aromatic rings. The molecular weight excluding hydrogens is 328 g/mol. The van der Waals surface area contributed by atoms with Crippen molar-refractivity contribution in [2.45, 2.75) is 31.7 Å². The molecule has 9 heteroatoms. The van der Waals surface area contributed by atoms with Crippen molar-refractivity contribution in [1.29, 1.82) is 0 Å². The molecule has 0 aliphatic carbocycles. The predicted molar refractivity (Wildman–Crippen MR) is 80.7 cm³/mol. The number of pyridine rings is 1. The Morgan fingerprint density at radius 1 is 1.36 bits per heavy atom. The summed E-state index contributed by atoms with van der Waals surface area (Å²) < 4.78 is 31.0. The Labute approximate surface area is 134 Å². The van der Waals surface area contributed by atoms with Gasteiger partial charge in [0.15, 0.2) is 5.82 Å². The summed E-state index contributed by atoms with van der Waals surface area (Å²) in [6.45, 7) is 4.08. The second-order valence-electron chi connectivity index (χ2n) is 5.28. The highest BCUT2D eigenvalue weighted by Crippen LogP contribution is 2.17. The van der Waals surface area contributed by atoms with Gasteiger partial charge in [-0.15, -0.1) is 0 Å². The Hall–Kier alpha value is -1.51. The van der Waals surface area contributed by atoms with Gasteiger partial charge in [-0.1, -0.05) is 30.6 Å². The first kappa shape index (κ1) is 16.9. The zero-order chi connectivity index (χ0) is 16.3. The molecule has 0 unspecified atom stereocenters. The maximum atomic E-state index is 12.4.